The van der Waals surface area contributed by atoms with Crippen molar-refractivity contribution < 1.29 is 18.4 Å². The molecule has 6 heteroatoms. The average Bonchev–Trinajstić information content (AvgIpc) is 2.46. The zero-order valence-corrected chi connectivity index (χ0v) is 12.4. The lowest BCUT2D eigenvalue weighted by atomic mass is 10.0. The van der Waals surface area contributed by atoms with Crippen LogP contribution in [0.15, 0.2) is 18.2 Å². The lowest BCUT2D eigenvalue weighted by Crippen LogP contribution is -2.38. The molecule has 1 atom stereocenters. The monoisotopic (exact) mass is 301 g/mol. The molecule has 0 radical (unpaired) electrons. The molecule has 1 aliphatic rings. The molecule has 0 aliphatic carbocycles. The number of hydrogen-bond acceptors (Lipinski definition) is 4. The Morgan fingerprint density at radius 2 is 2.15 bits per heavy atom. The SMILES string of the molecule is COc1cccc(F)c1C(O)CCN1CCS(=O)CC1. The molecule has 0 amide bonds. The van der Waals surface area contributed by atoms with Crippen LogP contribution in [0.4, 0.5) is 4.39 Å². The van der Waals surface area contributed by atoms with Gasteiger partial charge in [0.15, 0.2) is 0 Å². The number of aliphatic hydroxyl groups excluding tert-OH is 1. The minimum Gasteiger partial charge on any atom is -0.496 e. The van der Waals surface area contributed by atoms with Crippen LogP contribution in [0.3, 0.4) is 0 Å². The lowest BCUT2D eigenvalue weighted by molar-refractivity contribution is 0.138. The normalized spacial score (nSPS) is 18.9. The van der Waals surface area contributed by atoms with Gasteiger partial charge in [-0.25, -0.2) is 4.39 Å². The van der Waals surface area contributed by atoms with Gasteiger partial charge >= 0.3 is 0 Å². The third kappa shape index (κ3) is 3.77. The van der Waals surface area contributed by atoms with Gasteiger partial charge in [0.25, 0.3) is 0 Å². The van der Waals surface area contributed by atoms with Crippen molar-refractivity contribution in [1.82, 2.24) is 4.90 Å². The molecule has 1 N–H and O–H groups in total. The Morgan fingerprint density at radius 3 is 2.80 bits per heavy atom. The zero-order chi connectivity index (χ0) is 14.5. The second-order valence-corrected chi connectivity index (χ2v) is 6.55. The smallest absolute Gasteiger partial charge is 0.132 e. The fraction of sp³-hybridized carbons (Fsp3) is 0.571. The summed E-state index contributed by atoms with van der Waals surface area (Å²) in [5.41, 5.74) is 0.218. The van der Waals surface area contributed by atoms with Gasteiger partial charge < -0.3 is 14.7 Å². The Labute approximate surface area is 121 Å². The molecule has 4 nitrogen and oxygen atoms in total. The summed E-state index contributed by atoms with van der Waals surface area (Å²) in [6.07, 6.45) is -0.456. The first-order chi connectivity index (χ1) is 9.61. The van der Waals surface area contributed by atoms with Crippen LogP contribution in [0.5, 0.6) is 5.75 Å². The molecule has 112 valence electrons. The molecular formula is C14H20FNO3S. The van der Waals surface area contributed by atoms with Crippen LogP contribution in [0.25, 0.3) is 0 Å². The van der Waals surface area contributed by atoms with E-state index in [4.69, 9.17) is 4.74 Å². The van der Waals surface area contributed by atoms with Gasteiger partial charge in [-0.2, -0.15) is 0 Å². The van der Waals surface area contributed by atoms with E-state index in [9.17, 15) is 13.7 Å². The van der Waals surface area contributed by atoms with E-state index in [2.05, 4.69) is 4.90 Å². The largest absolute Gasteiger partial charge is 0.496 e. The molecule has 0 spiro atoms. The van der Waals surface area contributed by atoms with Gasteiger partial charge in [0, 0.05) is 41.9 Å². The number of hydrogen-bond donors (Lipinski definition) is 1. The molecule has 2 rings (SSSR count). The van der Waals surface area contributed by atoms with E-state index in [-0.39, 0.29) is 5.56 Å². The summed E-state index contributed by atoms with van der Waals surface area (Å²) in [5.74, 6) is 1.28. The number of nitrogens with zero attached hydrogens (tertiary/aromatic N) is 1. The summed E-state index contributed by atoms with van der Waals surface area (Å²) in [6, 6.07) is 4.53. The molecule has 0 saturated carbocycles. The van der Waals surface area contributed by atoms with Gasteiger partial charge in [0.2, 0.25) is 0 Å². The van der Waals surface area contributed by atoms with Crippen molar-refractivity contribution in [3.05, 3.63) is 29.6 Å². The summed E-state index contributed by atoms with van der Waals surface area (Å²) in [6.45, 7) is 2.21. The van der Waals surface area contributed by atoms with E-state index >= 15 is 0 Å². The predicted octanol–water partition coefficient (Wildman–Crippen LogP) is 1.32. The molecule has 1 saturated heterocycles. The molecule has 0 bridgehead atoms. The van der Waals surface area contributed by atoms with Gasteiger partial charge in [-0.05, 0) is 18.6 Å². The van der Waals surface area contributed by atoms with Crippen LogP contribution in [-0.2, 0) is 10.8 Å². The second-order valence-electron chi connectivity index (χ2n) is 4.85. The Bertz CT molecular complexity index is 473. The first-order valence-corrected chi connectivity index (χ1v) is 8.18. The van der Waals surface area contributed by atoms with Crippen LogP contribution in [0, 0.1) is 5.82 Å². The molecule has 0 aromatic heterocycles. The first-order valence-electron chi connectivity index (χ1n) is 6.69. The fourth-order valence-corrected chi connectivity index (χ4v) is 3.49. The molecule has 1 aliphatic heterocycles. The van der Waals surface area contributed by atoms with Gasteiger partial charge in [-0.3, -0.25) is 4.21 Å². The van der Waals surface area contributed by atoms with Crippen molar-refractivity contribution >= 4 is 10.8 Å². The summed E-state index contributed by atoms with van der Waals surface area (Å²) < 4.78 is 30.2. The van der Waals surface area contributed by atoms with E-state index in [0.717, 1.165) is 13.1 Å². The number of ether oxygens (including phenoxy) is 1. The van der Waals surface area contributed by atoms with Crippen molar-refractivity contribution in [2.75, 3.05) is 38.2 Å². The standard InChI is InChI=1S/C14H20FNO3S/c1-19-13-4-2-3-11(15)14(13)12(17)5-6-16-7-9-20(18)10-8-16/h2-4,12,17H,5-10H2,1H3. The van der Waals surface area contributed by atoms with Crippen molar-refractivity contribution in [2.45, 2.75) is 12.5 Å². The zero-order valence-electron chi connectivity index (χ0n) is 11.5. The Morgan fingerprint density at radius 1 is 1.45 bits per heavy atom. The minimum atomic E-state index is -0.890. The van der Waals surface area contributed by atoms with Crippen LogP contribution >= 0.6 is 0 Å². The van der Waals surface area contributed by atoms with Gasteiger partial charge in [-0.15, -0.1) is 0 Å². The van der Waals surface area contributed by atoms with Crippen LogP contribution < -0.4 is 4.74 Å². The number of halogens is 1. The number of methoxy groups -OCH3 is 1. The number of rotatable bonds is 5. The fourth-order valence-electron chi connectivity index (χ4n) is 2.37. The van der Waals surface area contributed by atoms with Crippen molar-refractivity contribution in [1.29, 1.82) is 0 Å². The third-order valence-electron chi connectivity index (χ3n) is 3.56. The van der Waals surface area contributed by atoms with Gasteiger partial charge in [0.1, 0.15) is 11.6 Å². The number of aliphatic hydroxyl groups is 1. The highest BCUT2D eigenvalue weighted by atomic mass is 32.2. The predicted molar refractivity (Wildman–Crippen MR) is 76.8 cm³/mol. The van der Waals surface area contributed by atoms with E-state index < -0.39 is 22.7 Å². The van der Waals surface area contributed by atoms with Gasteiger partial charge in [-0.1, -0.05) is 6.07 Å². The molecule has 1 fully saturated rings. The first kappa shape index (κ1) is 15.4. The number of benzene rings is 1. The third-order valence-corrected chi connectivity index (χ3v) is 4.83. The van der Waals surface area contributed by atoms with E-state index in [0.29, 0.717) is 30.2 Å². The summed E-state index contributed by atoms with van der Waals surface area (Å²) >= 11 is 0. The van der Waals surface area contributed by atoms with E-state index in [1.54, 1.807) is 12.1 Å². The molecule has 1 heterocycles. The Balaban J connectivity index is 1.95. The molecule has 1 aromatic rings. The molecular weight excluding hydrogens is 281 g/mol. The van der Waals surface area contributed by atoms with Crippen LogP contribution in [0.2, 0.25) is 0 Å². The molecule has 1 unspecified atom stereocenters. The van der Waals surface area contributed by atoms with E-state index in [1.165, 1.54) is 13.2 Å². The maximum atomic E-state index is 13.8. The highest BCUT2D eigenvalue weighted by Gasteiger charge is 2.20. The highest BCUT2D eigenvalue weighted by molar-refractivity contribution is 7.85. The Hall–Kier alpha value is -0.980. The summed E-state index contributed by atoms with van der Waals surface area (Å²) in [4.78, 5) is 2.15. The Kier molecular flexibility index (Phi) is 5.51. The molecule has 20 heavy (non-hydrogen) atoms. The maximum Gasteiger partial charge on any atom is 0.132 e. The minimum absolute atomic E-state index is 0.218. The van der Waals surface area contributed by atoms with Crippen LogP contribution in [0.1, 0.15) is 18.1 Å². The highest BCUT2D eigenvalue weighted by Crippen LogP contribution is 2.29. The summed E-state index contributed by atoms with van der Waals surface area (Å²) in [5, 5.41) is 10.2. The quantitative estimate of drug-likeness (QED) is 0.891. The van der Waals surface area contributed by atoms with Gasteiger partial charge in [0.05, 0.1) is 18.8 Å². The van der Waals surface area contributed by atoms with E-state index in [1.807, 2.05) is 0 Å². The molecule has 1 aromatic carbocycles. The summed E-state index contributed by atoms with van der Waals surface area (Å²) in [7, 11) is 0.759. The van der Waals surface area contributed by atoms with Crippen molar-refractivity contribution in [2.24, 2.45) is 0 Å². The topological polar surface area (TPSA) is 49.8 Å². The van der Waals surface area contributed by atoms with Crippen LogP contribution in [-0.4, -0.2) is 52.5 Å². The average molecular weight is 301 g/mol. The maximum absolute atomic E-state index is 13.8. The van der Waals surface area contributed by atoms with Crippen molar-refractivity contribution in [3.63, 3.8) is 0 Å². The second kappa shape index (κ2) is 7.15. The van der Waals surface area contributed by atoms with Crippen molar-refractivity contribution in [3.8, 4) is 5.75 Å². The lowest BCUT2D eigenvalue weighted by Gasteiger charge is -2.27.